The highest BCUT2D eigenvalue weighted by Gasteiger charge is 2.25. The number of hydrogen-bond acceptors (Lipinski definition) is 5. The minimum atomic E-state index is -0.538. The fourth-order valence-corrected chi connectivity index (χ4v) is 2.02. The molecular weight excluding hydrogens is 218 g/mol. The number of hydrogen-bond donors (Lipinski definition) is 2. The largest absolute Gasteiger partial charge is 0.390 e. The molecule has 3 N–H and O–H groups in total. The van der Waals surface area contributed by atoms with Crippen LogP contribution in [0.25, 0.3) is 0 Å². The van der Waals surface area contributed by atoms with E-state index >= 15 is 0 Å². The molecule has 1 saturated heterocycles. The highest BCUT2D eigenvalue weighted by Crippen LogP contribution is 2.15. The van der Waals surface area contributed by atoms with Gasteiger partial charge in [0.25, 0.3) is 0 Å². The third-order valence-electron chi connectivity index (χ3n) is 3.08. The monoisotopic (exact) mass is 237 g/mol. The van der Waals surface area contributed by atoms with E-state index in [1.807, 2.05) is 19.2 Å². The predicted molar refractivity (Wildman–Crippen MR) is 65.6 cm³/mol. The zero-order chi connectivity index (χ0) is 12.3. The maximum atomic E-state index is 10.1. The lowest BCUT2D eigenvalue weighted by Crippen LogP contribution is -2.46. The number of nitrogen functional groups attached to an aromatic ring is 1. The molecule has 2 heterocycles. The molecule has 0 amide bonds. The fraction of sp³-hybridized carbons (Fsp3) is 0.583. The number of rotatable bonds is 3. The van der Waals surface area contributed by atoms with Crippen LogP contribution in [0.3, 0.4) is 0 Å². The molecule has 1 aromatic rings. The molecule has 5 nitrogen and oxygen atoms in total. The maximum absolute atomic E-state index is 10.1. The minimum absolute atomic E-state index is 0.145. The first-order valence-corrected chi connectivity index (χ1v) is 5.84. The molecule has 0 aromatic carbocycles. The average Bonchev–Trinajstić information content (AvgIpc) is 2.32. The van der Waals surface area contributed by atoms with Crippen LogP contribution in [-0.4, -0.2) is 53.9 Å². The van der Waals surface area contributed by atoms with E-state index in [2.05, 4.69) is 9.88 Å². The smallest absolute Gasteiger partial charge is 0.126 e. The predicted octanol–water partition coefficient (Wildman–Crippen LogP) is -0.102. The van der Waals surface area contributed by atoms with Crippen LogP contribution in [-0.2, 0) is 11.2 Å². The number of nitrogens with two attached hydrogens (primary N) is 1. The second-order valence-electron chi connectivity index (χ2n) is 4.49. The SMILES string of the molecule is CN1CCOC(C(O)Cc2cccnc2N)C1. The number of aliphatic hydroxyl groups is 1. The van der Waals surface area contributed by atoms with Crippen molar-refractivity contribution in [2.45, 2.75) is 18.6 Å². The number of pyridine rings is 1. The molecule has 2 rings (SSSR count). The van der Waals surface area contributed by atoms with Crippen molar-refractivity contribution in [3.63, 3.8) is 0 Å². The first kappa shape index (κ1) is 12.3. The molecule has 1 aliphatic heterocycles. The van der Waals surface area contributed by atoms with Gasteiger partial charge in [0.1, 0.15) is 5.82 Å². The highest BCUT2D eigenvalue weighted by molar-refractivity contribution is 5.38. The van der Waals surface area contributed by atoms with Gasteiger partial charge in [-0.2, -0.15) is 0 Å². The Morgan fingerprint density at radius 1 is 1.71 bits per heavy atom. The molecule has 0 saturated carbocycles. The van der Waals surface area contributed by atoms with Gasteiger partial charge in [0.2, 0.25) is 0 Å². The van der Waals surface area contributed by atoms with Crippen LogP contribution >= 0.6 is 0 Å². The highest BCUT2D eigenvalue weighted by atomic mass is 16.5. The third kappa shape index (κ3) is 3.15. The molecule has 1 aliphatic rings. The Bertz CT molecular complexity index is 373. The number of aliphatic hydroxyl groups excluding tert-OH is 1. The number of likely N-dealkylation sites (N-methyl/N-ethyl adjacent to an activating group) is 1. The van der Waals surface area contributed by atoms with E-state index in [1.54, 1.807) is 6.20 Å². The van der Waals surface area contributed by atoms with Crippen molar-refractivity contribution in [3.8, 4) is 0 Å². The zero-order valence-corrected chi connectivity index (χ0v) is 10.0. The third-order valence-corrected chi connectivity index (χ3v) is 3.08. The van der Waals surface area contributed by atoms with Gasteiger partial charge in [-0.15, -0.1) is 0 Å². The van der Waals surface area contributed by atoms with E-state index in [0.717, 1.165) is 18.7 Å². The van der Waals surface area contributed by atoms with Crippen molar-refractivity contribution in [1.82, 2.24) is 9.88 Å². The number of aromatic nitrogens is 1. The van der Waals surface area contributed by atoms with Crippen LogP contribution in [0, 0.1) is 0 Å². The topological polar surface area (TPSA) is 71.6 Å². The molecule has 0 spiro atoms. The molecule has 2 atom stereocenters. The fourth-order valence-electron chi connectivity index (χ4n) is 2.02. The van der Waals surface area contributed by atoms with E-state index in [9.17, 15) is 5.11 Å². The molecule has 17 heavy (non-hydrogen) atoms. The first-order valence-electron chi connectivity index (χ1n) is 5.84. The van der Waals surface area contributed by atoms with E-state index < -0.39 is 6.10 Å². The van der Waals surface area contributed by atoms with Crippen molar-refractivity contribution in [2.75, 3.05) is 32.5 Å². The van der Waals surface area contributed by atoms with Crippen LogP contribution in [0.5, 0.6) is 0 Å². The summed E-state index contributed by atoms with van der Waals surface area (Å²) >= 11 is 0. The van der Waals surface area contributed by atoms with Crippen molar-refractivity contribution in [2.24, 2.45) is 0 Å². The zero-order valence-electron chi connectivity index (χ0n) is 10.0. The second-order valence-corrected chi connectivity index (χ2v) is 4.49. The number of anilines is 1. The Labute approximate surface area is 101 Å². The standard InChI is InChI=1S/C12H19N3O2/c1-15-5-6-17-11(8-15)10(16)7-9-3-2-4-14-12(9)13/h2-4,10-11,16H,5-8H2,1H3,(H2,13,14). The molecule has 0 bridgehead atoms. The van der Waals surface area contributed by atoms with Crippen molar-refractivity contribution in [3.05, 3.63) is 23.9 Å². The van der Waals surface area contributed by atoms with Crippen LogP contribution in [0.2, 0.25) is 0 Å². The Kier molecular flexibility index (Phi) is 3.93. The van der Waals surface area contributed by atoms with Gasteiger partial charge in [-0.05, 0) is 18.7 Å². The average molecular weight is 237 g/mol. The quantitative estimate of drug-likeness (QED) is 0.768. The summed E-state index contributed by atoms with van der Waals surface area (Å²) < 4.78 is 5.57. The summed E-state index contributed by atoms with van der Waals surface area (Å²) in [7, 11) is 2.03. The Morgan fingerprint density at radius 2 is 2.53 bits per heavy atom. The van der Waals surface area contributed by atoms with Crippen LogP contribution in [0.4, 0.5) is 5.82 Å². The minimum Gasteiger partial charge on any atom is -0.390 e. The van der Waals surface area contributed by atoms with Crippen LogP contribution in [0.15, 0.2) is 18.3 Å². The van der Waals surface area contributed by atoms with Gasteiger partial charge in [-0.3, -0.25) is 0 Å². The van der Waals surface area contributed by atoms with Gasteiger partial charge in [0.05, 0.1) is 18.8 Å². The molecule has 1 fully saturated rings. The van der Waals surface area contributed by atoms with Crippen molar-refractivity contribution >= 4 is 5.82 Å². The summed E-state index contributed by atoms with van der Waals surface area (Å²) in [5.74, 6) is 0.482. The number of morpholine rings is 1. The summed E-state index contributed by atoms with van der Waals surface area (Å²) in [5, 5.41) is 10.1. The molecule has 5 heteroatoms. The Hall–Kier alpha value is -1.17. The van der Waals surface area contributed by atoms with Gasteiger partial charge in [0, 0.05) is 25.7 Å². The molecule has 0 radical (unpaired) electrons. The van der Waals surface area contributed by atoms with E-state index in [1.165, 1.54) is 0 Å². The Balaban J connectivity index is 1.96. The van der Waals surface area contributed by atoms with Crippen LogP contribution < -0.4 is 5.73 Å². The maximum Gasteiger partial charge on any atom is 0.126 e. The molecular formula is C12H19N3O2. The summed E-state index contributed by atoms with van der Waals surface area (Å²) in [4.78, 5) is 6.16. The Morgan fingerprint density at radius 3 is 3.24 bits per heavy atom. The molecule has 2 unspecified atom stereocenters. The summed E-state index contributed by atoms with van der Waals surface area (Å²) in [6, 6.07) is 3.71. The molecule has 1 aromatic heterocycles. The normalized spacial score (nSPS) is 23.5. The molecule has 94 valence electrons. The summed E-state index contributed by atoms with van der Waals surface area (Å²) in [5.41, 5.74) is 6.62. The van der Waals surface area contributed by atoms with Crippen molar-refractivity contribution < 1.29 is 9.84 Å². The van der Waals surface area contributed by atoms with Crippen molar-refractivity contribution in [1.29, 1.82) is 0 Å². The first-order chi connectivity index (χ1) is 8.16. The summed E-state index contributed by atoms with van der Waals surface area (Å²) in [6.45, 7) is 2.33. The van der Waals surface area contributed by atoms with E-state index in [4.69, 9.17) is 10.5 Å². The summed E-state index contributed by atoms with van der Waals surface area (Å²) in [6.07, 6.45) is 1.45. The number of nitrogens with zero attached hydrogens (tertiary/aromatic N) is 2. The van der Waals surface area contributed by atoms with E-state index in [0.29, 0.717) is 18.8 Å². The van der Waals surface area contributed by atoms with Gasteiger partial charge >= 0.3 is 0 Å². The number of ether oxygens (including phenoxy) is 1. The second kappa shape index (κ2) is 5.44. The lowest BCUT2D eigenvalue weighted by molar-refractivity contribution is -0.0823. The van der Waals surface area contributed by atoms with Gasteiger partial charge in [0.15, 0.2) is 0 Å². The van der Waals surface area contributed by atoms with E-state index in [-0.39, 0.29) is 6.10 Å². The van der Waals surface area contributed by atoms with Crippen LogP contribution in [0.1, 0.15) is 5.56 Å². The van der Waals surface area contributed by atoms with Gasteiger partial charge in [-0.1, -0.05) is 6.07 Å². The lowest BCUT2D eigenvalue weighted by Gasteiger charge is -2.33. The lowest BCUT2D eigenvalue weighted by atomic mass is 10.0. The molecule has 0 aliphatic carbocycles. The van der Waals surface area contributed by atoms with Gasteiger partial charge in [-0.25, -0.2) is 4.98 Å². The van der Waals surface area contributed by atoms with Gasteiger partial charge < -0.3 is 20.5 Å².